The highest BCUT2D eigenvalue weighted by molar-refractivity contribution is 14.1. The van der Waals surface area contributed by atoms with Crippen molar-refractivity contribution in [2.45, 2.75) is 38.3 Å². The second-order valence-corrected chi connectivity index (χ2v) is 9.01. The molecule has 3 aromatic rings. The monoisotopic (exact) mass is 505 g/mol. The van der Waals surface area contributed by atoms with Crippen LogP contribution in [0.2, 0.25) is 5.02 Å². The van der Waals surface area contributed by atoms with Crippen LogP contribution in [0.25, 0.3) is 0 Å². The van der Waals surface area contributed by atoms with Gasteiger partial charge in [0.2, 0.25) is 0 Å². The van der Waals surface area contributed by atoms with Crippen LogP contribution >= 0.6 is 34.2 Å². The van der Waals surface area contributed by atoms with E-state index in [0.717, 1.165) is 16.8 Å². The molecule has 2 nitrogen and oxygen atoms in total. The molecule has 0 fully saturated rings. The quantitative estimate of drug-likeness (QED) is 0.329. The van der Waals surface area contributed by atoms with Gasteiger partial charge in [-0.2, -0.15) is 0 Å². The van der Waals surface area contributed by atoms with Crippen molar-refractivity contribution >= 4 is 39.9 Å². The van der Waals surface area contributed by atoms with E-state index in [2.05, 4.69) is 90.3 Å². The molecule has 0 aliphatic rings. The first-order valence-corrected chi connectivity index (χ1v) is 10.9. The number of aliphatic hydroxyl groups is 1. The third kappa shape index (κ3) is 5.72. The average molecular weight is 506 g/mol. The zero-order chi connectivity index (χ0) is 20.1. The van der Waals surface area contributed by atoms with Crippen LogP contribution in [-0.4, -0.2) is 5.11 Å². The Morgan fingerprint density at radius 2 is 1.36 bits per heavy atom. The number of aliphatic hydroxyl groups excluding tert-OH is 1. The molecule has 3 aromatic carbocycles. The molecule has 0 aliphatic heterocycles. The van der Waals surface area contributed by atoms with E-state index in [4.69, 9.17) is 11.6 Å². The van der Waals surface area contributed by atoms with Crippen molar-refractivity contribution in [3.8, 4) is 0 Å². The fraction of sp³-hybridized carbons (Fsp3) is 0.250. The number of nitrogens with one attached hydrogen (secondary N) is 1. The molecule has 2 unspecified atom stereocenters. The first-order valence-electron chi connectivity index (χ1n) is 9.48. The van der Waals surface area contributed by atoms with Gasteiger partial charge >= 0.3 is 0 Å². The fourth-order valence-corrected chi connectivity index (χ4v) is 3.67. The lowest BCUT2D eigenvalue weighted by Gasteiger charge is -2.24. The summed E-state index contributed by atoms with van der Waals surface area (Å²) in [6.07, 6.45) is -0.0161. The van der Waals surface area contributed by atoms with Crippen molar-refractivity contribution in [1.29, 1.82) is 0 Å². The van der Waals surface area contributed by atoms with Crippen molar-refractivity contribution in [3.63, 3.8) is 0 Å². The van der Waals surface area contributed by atoms with E-state index < -0.39 is 6.10 Å². The van der Waals surface area contributed by atoms with E-state index >= 15 is 0 Å². The van der Waals surface area contributed by atoms with Crippen LogP contribution in [-0.2, 0) is 0 Å². The van der Waals surface area contributed by atoms with Gasteiger partial charge in [0.05, 0.1) is 12.1 Å². The summed E-state index contributed by atoms with van der Waals surface area (Å²) >= 11 is 8.29. The first kappa shape index (κ1) is 21.2. The summed E-state index contributed by atoms with van der Waals surface area (Å²) in [5.41, 5.74) is 4.39. The highest BCUT2D eigenvalue weighted by atomic mass is 127. The van der Waals surface area contributed by atoms with Gasteiger partial charge < -0.3 is 10.4 Å². The number of rotatable bonds is 7. The summed E-state index contributed by atoms with van der Waals surface area (Å²) in [6.45, 7) is 4.39. The maximum atomic E-state index is 10.8. The van der Waals surface area contributed by atoms with Gasteiger partial charge in [0.1, 0.15) is 0 Å². The minimum atomic E-state index is -0.580. The molecule has 0 amide bonds. The Bertz CT molecular complexity index is 876. The summed E-state index contributed by atoms with van der Waals surface area (Å²) in [4.78, 5) is 0. The summed E-state index contributed by atoms with van der Waals surface area (Å²) in [5.74, 6) is 0.497. The molecule has 4 heteroatoms. The molecule has 0 aromatic heterocycles. The predicted octanol–water partition coefficient (Wildman–Crippen LogP) is 7.34. The van der Waals surface area contributed by atoms with Crippen LogP contribution in [0.15, 0.2) is 72.8 Å². The maximum absolute atomic E-state index is 10.8. The van der Waals surface area contributed by atoms with Crippen molar-refractivity contribution in [1.82, 2.24) is 0 Å². The molecule has 0 aliphatic carbocycles. The second kappa shape index (κ2) is 9.77. The zero-order valence-corrected chi connectivity index (χ0v) is 19.0. The lowest BCUT2D eigenvalue weighted by Crippen LogP contribution is -2.15. The SMILES string of the molecule is CC(C)c1ccc(C(CC(O)c2ccc(Cl)cc2)Nc2ccc(I)cc2)cc1. The number of halogens is 2. The topological polar surface area (TPSA) is 32.3 Å². The van der Waals surface area contributed by atoms with E-state index in [1.807, 2.05) is 24.3 Å². The standard InChI is InChI=1S/C24H25ClINO/c1-16(2)17-3-5-18(6-4-17)23(27-22-13-11-21(26)12-14-22)15-24(28)19-7-9-20(25)10-8-19/h3-14,16,23-24,27-28H,15H2,1-2H3. The molecule has 0 spiro atoms. The number of anilines is 1. The van der Waals surface area contributed by atoms with Gasteiger partial charge in [0.25, 0.3) is 0 Å². The van der Waals surface area contributed by atoms with Gasteiger partial charge in [-0.05, 0) is 81.6 Å². The normalized spacial score (nSPS) is 13.4. The fourth-order valence-electron chi connectivity index (χ4n) is 3.18. The summed E-state index contributed by atoms with van der Waals surface area (Å²) < 4.78 is 1.20. The smallest absolute Gasteiger partial charge is 0.0813 e. The van der Waals surface area contributed by atoms with Crippen LogP contribution in [0.1, 0.15) is 55.0 Å². The third-order valence-electron chi connectivity index (χ3n) is 4.90. The Morgan fingerprint density at radius 1 is 0.821 bits per heavy atom. The van der Waals surface area contributed by atoms with E-state index in [1.165, 1.54) is 9.13 Å². The highest BCUT2D eigenvalue weighted by Crippen LogP contribution is 2.31. The molecular formula is C24H25ClINO. The van der Waals surface area contributed by atoms with Crippen LogP contribution in [0.5, 0.6) is 0 Å². The van der Waals surface area contributed by atoms with Crippen molar-refractivity contribution in [2.24, 2.45) is 0 Å². The van der Waals surface area contributed by atoms with Gasteiger partial charge in [-0.15, -0.1) is 0 Å². The summed E-state index contributed by atoms with van der Waals surface area (Å²) in [5, 5.41) is 15.1. The van der Waals surface area contributed by atoms with Crippen molar-refractivity contribution < 1.29 is 5.11 Å². The van der Waals surface area contributed by atoms with Gasteiger partial charge in [-0.1, -0.05) is 61.8 Å². The van der Waals surface area contributed by atoms with Gasteiger partial charge in [-0.3, -0.25) is 0 Å². The van der Waals surface area contributed by atoms with Crippen LogP contribution < -0.4 is 5.32 Å². The molecule has 28 heavy (non-hydrogen) atoms. The summed E-state index contributed by atoms with van der Waals surface area (Å²) in [7, 11) is 0. The third-order valence-corrected chi connectivity index (χ3v) is 5.88. The largest absolute Gasteiger partial charge is 0.388 e. The molecular weight excluding hydrogens is 481 g/mol. The minimum Gasteiger partial charge on any atom is -0.388 e. The Labute approximate surface area is 186 Å². The molecule has 0 bridgehead atoms. The Hall–Kier alpha value is -1.56. The summed E-state index contributed by atoms with van der Waals surface area (Å²) in [6, 6.07) is 24.4. The predicted molar refractivity (Wildman–Crippen MR) is 127 cm³/mol. The molecule has 2 atom stereocenters. The molecule has 0 saturated heterocycles. The molecule has 2 N–H and O–H groups in total. The number of hydrogen-bond acceptors (Lipinski definition) is 2. The minimum absolute atomic E-state index is 0.00745. The van der Waals surface area contributed by atoms with E-state index in [-0.39, 0.29) is 6.04 Å². The van der Waals surface area contributed by atoms with Crippen LogP contribution in [0.3, 0.4) is 0 Å². The van der Waals surface area contributed by atoms with Gasteiger partial charge in [-0.25, -0.2) is 0 Å². The van der Waals surface area contributed by atoms with E-state index in [9.17, 15) is 5.11 Å². The zero-order valence-electron chi connectivity index (χ0n) is 16.1. The average Bonchev–Trinajstić information content (AvgIpc) is 2.69. The van der Waals surface area contributed by atoms with Gasteiger partial charge in [0, 0.05) is 20.7 Å². The molecule has 146 valence electrons. The Kier molecular flexibility index (Phi) is 7.38. The van der Waals surface area contributed by atoms with Crippen LogP contribution in [0, 0.1) is 3.57 Å². The van der Waals surface area contributed by atoms with Crippen molar-refractivity contribution in [2.75, 3.05) is 5.32 Å². The highest BCUT2D eigenvalue weighted by Gasteiger charge is 2.18. The van der Waals surface area contributed by atoms with E-state index in [0.29, 0.717) is 17.4 Å². The molecule has 0 radical (unpaired) electrons. The lowest BCUT2D eigenvalue weighted by molar-refractivity contribution is 0.160. The maximum Gasteiger partial charge on any atom is 0.0813 e. The Balaban J connectivity index is 1.84. The number of hydrogen-bond donors (Lipinski definition) is 2. The first-order chi connectivity index (χ1) is 13.4. The molecule has 0 saturated carbocycles. The molecule has 3 rings (SSSR count). The second-order valence-electron chi connectivity index (χ2n) is 7.33. The van der Waals surface area contributed by atoms with Gasteiger partial charge in [0.15, 0.2) is 0 Å². The van der Waals surface area contributed by atoms with Crippen LogP contribution in [0.4, 0.5) is 5.69 Å². The lowest BCUT2D eigenvalue weighted by atomic mass is 9.94. The van der Waals surface area contributed by atoms with Crippen molar-refractivity contribution in [3.05, 3.63) is 98.1 Å². The Morgan fingerprint density at radius 3 is 1.93 bits per heavy atom. The molecule has 0 heterocycles. The van der Waals surface area contributed by atoms with E-state index in [1.54, 1.807) is 0 Å². The number of benzene rings is 3.